The molecule has 0 aliphatic carbocycles. The van der Waals surface area contributed by atoms with Crippen LogP contribution >= 0.6 is 0 Å². The summed E-state index contributed by atoms with van der Waals surface area (Å²) < 4.78 is 20.3. The Hall–Kier alpha value is 0.966. The number of hydrogen-bond acceptors (Lipinski definition) is 2. The molecule has 0 saturated carbocycles. The van der Waals surface area contributed by atoms with Crippen LogP contribution in [0.25, 0.3) is 0 Å². The quantitative estimate of drug-likeness (QED) is 0.406. The average Bonchev–Trinajstić information content (AvgIpc) is 1.88. The molecule has 0 spiro atoms. The fraction of sp³-hybridized carbons (Fsp3) is 0.143. The van der Waals surface area contributed by atoms with Crippen molar-refractivity contribution in [2.24, 2.45) is 0 Å². The molecule has 0 heterocycles. The molecule has 1 rings (SSSR count). The van der Waals surface area contributed by atoms with Gasteiger partial charge in [-0.15, -0.1) is 0 Å². The van der Waals surface area contributed by atoms with Crippen molar-refractivity contribution in [1.29, 1.82) is 0 Å². The molecule has 0 amide bonds. The van der Waals surface area contributed by atoms with E-state index in [1.165, 1.54) is 0 Å². The first-order valence-corrected chi connectivity index (χ1v) is 4.13. The summed E-state index contributed by atoms with van der Waals surface area (Å²) in [6, 6.07) is 9.08. The van der Waals surface area contributed by atoms with Gasteiger partial charge in [0.25, 0.3) is 0 Å². The van der Waals surface area contributed by atoms with Crippen LogP contribution < -0.4 is 51.4 Å². The molecule has 4 heteroatoms. The molecule has 11 heavy (non-hydrogen) atoms. The van der Waals surface area contributed by atoms with E-state index in [0.29, 0.717) is 0 Å². The predicted octanol–water partition coefficient (Wildman–Crippen LogP) is -1.93. The van der Waals surface area contributed by atoms with E-state index in [1.807, 2.05) is 18.2 Å². The van der Waals surface area contributed by atoms with Crippen LogP contribution in [0.15, 0.2) is 30.3 Å². The summed E-state index contributed by atoms with van der Waals surface area (Å²) >= 11 is -1.97. The minimum atomic E-state index is -1.97. The van der Waals surface area contributed by atoms with Crippen LogP contribution in [-0.2, 0) is 16.8 Å². The van der Waals surface area contributed by atoms with Crippen LogP contribution in [0.5, 0.6) is 0 Å². The van der Waals surface area contributed by atoms with Gasteiger partial charge < -0.3 is 4.55 Å². The molecule has 0 fully saturated rings. The number of benzene rings is 1. The Morgan fingerprint density at radius 2 is 1.82 bits per heavy atom. The average molecular weight is 194 g/mol. The summed E-state index contributed by atoms with van der Waals surface area (Å²) in [7, 11) is 0. The van der Waals surface area contributed by atoms with E-state index >= 15 is 0 Å². The Balaban J connectivity index is 0.000001000. The standard InChI is InChI=1S/C7H8O2S.K/c8-10(9)6-7-4-2-1-3-5-7;/h1-5H,6H2,(H,8,9);/q;+1/p-1. The molecule has 1 aromatic carbocycles. The van der Waals surface area contributed by atoms with E-state index in [2.05, 4.69) is 0 Å². The van der Waals surface area contributed by atoms with Gasteiger partial charge in [0, 0.05) is 5.75 Å². The minimum absolute atomic E-state index is 0. The largest absolute Gasteiger partial charge is 1.00 e. The number of rotatable bonds is 2. The first-order chi connectivity index (χ1) is 4.79. The van der Waals surface area contributed by atoms with Gasteiger partial charge in [0.05, 0.1) is 0 Å². The predicted molar refractivity (Wildman–Crippen MR) is 39.1 cm³/mol. The Morgan fingerprint density at radius 3 is 2.27 bits per heavy atom. The van der Waals surface area contributed by atoms with Gasteiger partial charge in [-0.2, -0.15) is 0 Å². The molecule has 0 aliphatic rings. The molecular weight excluding hydrogens is 187 g/mol. The first kappa shape index (κ1) is 12.0. The van der Waals surface area contributed by atoms with Crippen molar-refractivity contribution >= 4 is 11.1 Å². The maximum atomic E-state index is 10.2. The first-order valence-electron chi connectivity index (χ1n) is 2.89. The van der Waals surface area contributed by atoms with E-state index in [4.69, 9.17) is 0 Å². The van der Waals surface area contributed by atoms with Crippen LogP contribution in [0.1, 0.15) is 5.56 Å². The second-order valence-electron chi connectivity index (χ2n) is 1.93. The fourth-order valence-electron chi connectivity index (χ4n) is 0.710. The van der Waals surface area contributed by atoms with Crippen molar-refractivity contribution in [2.45, 2.75) is 5.75 Å². The Morgan fingerprint density at radius 1 is 1.27 bits per heavy atom. The molecular formula is C7H7KO2S. The SMILES string of the molecule is O=S([O-])Cc1ccccc1.[K+]. The van der Waals surface area contributed by atoms with Crippen molar-refractivity contribution < 1.29 is 60.1 Å². The van der Waals surface area contributed by atoms with Gasteiger partial charge in [-0.25, -0.2) is 0 Å². The Kier molecular flexibility index (Phi) is 7.05. The zero-order valence-corrected chi connectivity index (χ0v) is 10.3. The van der Waals surface area contributed by atoms with Gasteiger partial charge in [0.15, 0.2) is 0 Å². The van der Waals surface area contributed by atoms with Crippen molar-refractivity contribution in [2.75, 3.05) is 0 Å². The molecule has 1 atom stereocenters. The smallest absolute Gasteiger partial charge is 0.772 e. The second-order valence-corrected chi connectivity index (χ2v) is 2.83. The minimum Gasteiger partial charge on any atom is -0.772 e. The Bertz CT molecular complexity index is 225. The Labute approximate surface area is 111 Å². The molecule has 0 aliphatic heterocycles. The third kappa shape index (κ3) is 5.24. The van der Waals surface area contributed by atoms with Crippen molar-refractivity contribution in [3.63, 3.8) is 0 Å². The third-order valence-corrected chi connectivity index (χ3v) is 1.70. The topological polar surface area (TPSA) is 40.1 Å². The normalized spacial score (nSPS) is 11.7. The van der Waals surface area contributed by atoms with Crippen LogP contribution in [-0.4, -0.2) is 8.76 Å². The zero-order valence-electron chi connectivity index (χ0n) is 6.32. The molecule has 54 valence electrons. The summed E-state index contributed by atoms with van der Waals surface area (Å²) in [5.74, 6) is 0.112. The summed E-state index contributed by atoms with van der Waals surface area (Å²) in [5, 5.41) is 0. The molecule has 1 unspecified atom stereocenters. The molecule has 0 bridgehead atoms. The van der Waals surface area contributed by atoms with E-state index in [-0.39, 0.29) is 57.1 Å². The second kappa shape index (κ2) is 6.48. The molecule has 2 nitrogen and oxygen atoms in total. The van der Waals surface area contributed by atoms with Crippen LogP contribution in [0.3, 0.4) is 0 Å². The summed E-state index contributed by atoms with van der Waals surface area (Å²) in [6.45, 7) is 0. The summed E-state index contributed by atoms with van der Waals surface area (Å²) in [4.78, 5) is 0. The van der Waals surface area contributed by atoms with E-state index in [1.54, 1.807) is 12.1 Å². The van der Waals surface area contributed by atoms with E-state index < -0.39 is 11.1 Å². The van der Waals surface area contributed by atoms with Crippen molar-refractivity contribution in [3.8, 4) is 0 Å². The van der Waals surface area contributed by atoms with Crippen molar-refractivity contribution in [1.82, 2.24) is 0 Å². The van der Waals surface area contributed by atoms with Crippen LogP contribution in [0, 0.1) is 0 Å². The maximum Gasteiger partial charge on any atom is 1.00 e. The van der Waals surface area contributed by atoms with Crippen molar-refractivity contribution in [3.05, 3.63) is 35.9 Å². The molecule has 0 saturated heterocycles. The number of hydrogen-bond donors (Lipinski definition) is 0. The van der Waals surface area contributed by atoms with Gasteiger partial charge in [0.1, 0.15) is 0 Å². The van der Waals surface area contributed by atoms with Crippen LogP contribution in [0.2, 0.25) is 0 Å². The van der Waals surface area contributed by atoms with Gasteiger partial charge >= 0.3 is 51.4 Å². The fourth-order valence-corrected chi connectivity index (χ4v) is 1.17. The van der Waals surface area contributed by atoms with Gasteiger partial charge in [-0.05, 0) is 5.56 Å². The monoisotopic (exact) mass is 194 g/mol. The van der Waals surface area contributed by atoms with Gasteiger partial charge in [0.2, 0.25) is 0 Å². The van der Waals surface area contributed by atoms with Gasteiger partial charge in [-0.1, -0.05) is 41.4 Å². The maximum absolute atomic E-state index is 10.2. The van der Waals surface area contributed by atoms with E-state index in [9.17, 15) is 8.76 Å². The molecule has 0 aromatic heterocycles. The molecule has 1 aromatic rings. The van der Waals surface area contributed by atoms with Gasteiger partial charge in [-0.3, -0.25) is 4.21 Å². The third-order valence-electron chi connectivity index (χ3n) is 1.13. The zero-order chi connectivity index (χ0) is 7.40. The molecule has 0 N–H and O–H groups in total. The molecule has 0 radical (unpaired) electrons. The summed E-state index contributed by atoms with van der Waals surface area (Å²) in [5.41, 5.74) is 0.829. The van der Waals surface area contributed by atoms with Crippen LogP contribution in [0.4, 0.5) is 0 Å². The van der Waals surface area contributed by atoms with E-state index in [0.717, 1.165) is 5.56 Å². The summed E-state index contributed by atoms with van der Waals surface area (Å²) in [6.07, 6.45) is 0.